The molecule has 18 heavy (non-hydrogen) atoms. The maximum absolute atomic E-state index is 12.1. The molecular weight excluding hydrogens is 250 g/mol. The quantitative estimate of drug-likeness (QED) is 0.880. The van der Waals surface area contributed by atoms with Crippen molar-refractivity contribution in [3.63, 3.8) is 0 Å². The van der Waals surface area contributed by atoms with E-state index in [1.54, 1.807) is 24.3 Å². The van der Waals surface area contributed by atoms with E-state index < -0.39 is 10.0 Å². The highest BCUT2D eigenvalue weighted by atomic mass is 32.2. The molecule has 0 saturated heterocycles. The fraction of sp³-hybridized carbons (Fsp3) is 0.538. The molecule has 0 amide bonds. The number of hydrogen-bond donors (Lipinski definition) is 2. The van der Waals surface area contributed by atoms with Crippen LogP contribution in [0.15, 0.2) is 24.3 Å². The molecule has 0 unspecified atom stereocenters. The third kappa shape index (κ3) is 3.46. The van der Waals surface area contributed by atoms with Crippen LogP contribution in [-0.2, 0) is 16.6 Å². The van der Waals surface area contributed by atoms with Gasteiger partial charge >= 0.3 is 0 Å². The van der Waals surface area contributed by atoms with E-state index in [9.17, 15) is 8.42 Å². The maximum atomic E-state index is 12.1. The molecule has 0 aromatic heterocycles. The summed E-state index contributed by atoms with van der Waals surface area (Å²) in [6.07, 6.45) is 4.69. The summed E-state index contributed by atoms with van der Waals surface area (Å²) in [5.41, 5.74) is 0.854. The average Bonchev–Trinajstić information content (AvgIpc) is 2.39. The van der Waals surface area contributed by atoms with Crippen LogP contribution in [0.2, 0.25) is 0 Å². The van der Waals surface area contributed by atoms with E-state index in [0.29, 0.717) is 6.54 Å². The summed E-state index contributed by atoms with van der Waals surface area (Å²) in [5.74, 6) is 0.189. The summed E-state index contributed by atoms with van der Waals surface area (Å²) >= 11 is 0. The topological polar surface area (TPSA) is 66.4 Å². The van der Waals surface area contributed by atoms with Gasteiger partial charge in [-0.2, -0.15) is 0 Å². The minimum absolute atomic E-state index is 0.189. The SMILES string of the molecule is O=S(=O)(NCc1ccc(O)cc1)C1CCCCC1. The first-order valence-electron chi connectivity index (χ1n) is 6.34. The van der Waals surface area contributed by atoms with Crippen molar-refractivity contribution in [2.45, 2.75) is 43.9 Å². The first-order valence-corrected chi connectivity index (χ1v) is 7.89. The summed E-state index contributed by atoms with van der Waals surface area (Å²) < 4.78 is 26.8. The third-order valence-electron chi connectivity index (χ3n) is 3.40. The molecule has 1 fully saturated rings. The summed E-state index contributed by atoms with van der Waals surface area (Å²) in [6, 6.07) is 6.56. The van der Waals surface area contributed by atoms with Crippen molar-refractivity contribution in [1.29, 1.82) is 0 Å². The predicted molar refractivity (Wildman–Crippen MR) is 70.7 cm³/mol. The van der Waals surface area contributed by atoms with Crippen molar-refractivity contribution in [3.05, 3.63) is 29.8 Å². The Balaban J connectivity index is 1.94. The summed E-state index contributed by atoms with van der Waals surface area (Å²) in [5, 5.41) is 8.92. The molecule has 0 atom stereocenters. The zero-order valence-corrected chi connectivity index (χ0v) is 11.1. The molecule has 0 radical (unpaired) electrons. The van der Waals surface area contributed by atoms with Crippen molar-refractivity contribution in [2.24, 2.45) is 0 Å². The van der Waals surface area contributed by atoms with Gasteiger partial charge in [-0.3, -0.25) is 0 Å². The lowest BCUT2D eigenvalue weighted by Gasteiger charge is -2.22. The predicted octanol–water partition coefficient (Wildman–Crippen LogP) is 2.14. The number of sulfonamides is 1. The van der Waals surface area contributed by atoms with Gasteiger partial charge in [0.2, 0.25) is 10.0 Å². The molecule has 1 saturated carbocycles. The van der Waals surface area contributed by atoms with Crippen LogP contribution < -0.4 is 4.72 Å². The Labute approximate surface area is 108 Å². The van der Waals surface area contributed by atoms with Gasteiger partial charge in [-0.15, -0.1) is 0 Å². The van der Waals surface area contributed by atoms with Gasteiger partial charge in [0.15, 0.2) is 0 Å². The van der Waals surface area contributed by atoms with Crippen molar-refractivity contribution >= 4 is 10.0 Å². The molecule has 100 valence electrons. The van der Waals surface area contributed by atoms with Crippen LogP contribution in [0.3, 0.4) is 0 Å². The molecule has 0 heterocycles. The first-order chi connectivity index (χ1) is 8.58. The Kier molecular flexibility index (Phi) is 4.24. The van der Waals surface area contributed by atoms with Gasteiger partial charge in [-0.25, -0.2) is 13.1 Å². The minimum Gasteiger partial charge on any atom is -0.508 e. The second kappa shape index (κ2) is 5.71. The van der Waals surface area contributed by atoms with Crippen LogP contribution >= 0.6 is 0 Å². The van der Waals surface area contributed by atoms with E-state index in [2.05, 4.69) is 4.72 Å². The number of phenols is 1. The van der Waals surface area contributed by atoms with Crippen LogP contribution in [0.4, 0.5) is 0 Å². The van der Waals surface area contributed by atoms with Crippen LogP contribution in [-0.4, -0.2) is 18.8 Å². The zero-order valence-electron chi connectivity index (χ0n) is 10.3. The Hall–Kier alpha value is -1.07. The molecule has 2 N–H and O–H groups in total. The molecular formula is C13H19NO3S. The van der Waals surface area contributed by atoms with Gasteiger partial charge in [0.1, 0.15) is 5.75 Å². The molecule has 1 aromatic carbocycles. The second-order valence-corrected chi connectivity index (χ2v) is 6.84. The highest BCUT2D eigenvalue weighted by Crippen LogP contribution is 2.23. The Morgan fingerprint density at radius 2 is 1.72 bits per heavy atom. The third-order valence-corrected chi connectivity index (χ3v) is 5.30. The minimum atomic E-state index is -3.20. The van der Waals surface area contributed by atoms with E-state index >= 15 is 0 Å². The van der Waals surface area contributed by atoms with Crippen LogP contribution in [0.5, 0.6) is 5.75 Å². The van der Waals surface area contributed by atoms with Crippen molar-refractivity contribution in [3.8, 4) is 5.75 Å². The lowest BCUT2D eigenvalue weighted by Crippen LogP contribution is -2.35. The largest absolute Gasteiger partial charge is 0.508 e. The summed E-state index contributed by atoms with van der Waals surface area (Å²) in [4.78, 5) is 0. The monoisotopic (exact) mass is 269 g/mol. The number of hydrogen-bond acceptors (Lipinski definition) is 3. The average molecular weight is 269 g/mol. The first kappa shape index (κ1) is 13.4. The number of phenolic OH excluding ortho intramolecular Hbond substituents is 1. The fourth-order valence-corrected chi connectivity index (χ4v) is 3.85. The Bertz CT molecular complexity index is 475. The van der Waals surface area contributed by atoms with E-state index in [0.717, 1.165) is 37.7 Å². The molecule has 2 rings (SSSR count). The number of aromatic hydroxyl groups is 1. The van der Waals surface area contributed by atoms with Crippen molar-refractivity contribution in [2.75, 3.05) is 0 Å². The Morgan fingerprint density at radius 1 is 1.11 bits per heavy atom. The molecule has 1 aliphatic carbocycles. The summed E-state index contributed by atoms with van der Waals surface area (Å²) in [7, 11) is -3.20. The normalized spacial score (nSPS) is 17.8. The van der Waals surface area contributed by atoms with Crippen LogP contribution in [0.25, 0.3) is 0 Å². The molecule has 5 heteroatoms. The van der Waals surface area contributed by atoms with E-state index in [-0.39, 0.29) is 11.0 Å². The van der Waals surface area contributed by atoms with Crippen molar-refractivity contribution < 1.29 is 13.5 Å². The van der Waals surface area contributed by atoms with E-state index in [1.807, 2.05) is 0 Å². The van der Waals surface area contributed by atoms with E-state index in [4.69, 9.17) is 5.11 Å². The molecule has 4 nitrogen and oxygen atoms in total. The highest BCUT2D eigenvalue weighted by Gasteiger charge is 2.26. The molecule has 0 aliphatic heterocycles. The second-order valence-electron chi connectivity index (χ2n) is 4.79. The van der Waals surface area contributed by atoms with E-state index in [1.165, 1.54) is 0 Å². The Morgan fingerprint density at radius 3 is 2.33 bits per heavy atom. The fourth-order valence-electron chi connectivity index (χ4n) is 2.29. The number of nitrogens with one attached hydrogen (secondary N) is 1. The van der Waals surface area contributed by atoms with Crippen LogP contribution in [0.1, 0.15) is 37.7 Å². The van der Waals surface area contributed by atoms with Gasteiger partial charge in [-0.05, 0) is 30.5 Å². The number of benzene rings is 1. The number of rotatable bonds is 4. The van der Waals surface area contributed by atoms with Gasteiger partial charge in [0.05, 0.1) is 5.25 Å². The van der Waals surface area contributed by atoms with Gasteiger partial charge in [0.25, 0.3) is 0 Å². The lowest BCUT2D eigenvalue weighted by atomic mass is 10.0. The van der Waals surface area contributed by atoms with Gasteiger partial charge in [0, 0.05) is 6.54 Å². The molecule has 0 bridgehead atoms. The molecule has 1 aliphatic rings. The van der Waals surface area contributed by atoms with Crippen molar-refractivity contribution in [1.82, 2.24) is 4.72 Å². The maximum Gasteiger partial charge on any atom is 0.214 e. The molecule has 0 spiro atoms. The summed E-state index contributed by atoms with van der Waals surface area (Å²) in [6.45, 7) is 0.291. The lowest BCUT2D eigenvalue weighted by molar-refractivity contribution is 0.474. The van der Waals surface area contributed by atoms with Gasteiger partial charge in [-0.1, -0.05) is 31.4 Å². The smallest absolute Gasteiger partial charge is 0.214 e. The standard InChI is InChI=1S/C13H19NO3S/c15-12-8-6-11(7-9-12)10-14-18(16,17)13-4-2-1-3-5-13/h6-9,13-15H,1-5,10H2. The highest BCUT2D eigenvalue weighted by molar-refractivity contribution is 7.90. The zero-order chi connectivity index (χ0) is 13.0. The molecule has 1 aromatic rings. The van der Waals surface area contributed by atoms with Gasteiger partial charge < -0.3 is 5.11 Å². The van der Waals surface area contributed by atoms with Crippen LogP contribution in [0, 0.1) is 0 Å².